The molecule has 1 amide bonds. The van der Waals surface area contributed by atoms with Crippen molar-refractivity contribution in [1.82, 2.24) is 5.32 Å². The molecule has 1 aromatic carbocycles. The lowest BCUT2D eigenvalue weighted by atomic mass is 9.78. The SMILES string of the molecule is COCC1(C(=O)Nc2c(F)cc(F)cc2F)CCNCC1. The highest BCUT2D eigenvalue weighted by molar-refractivity contribution is 5.95. The largest absolute Gasteiger partial charge is 0.384 e. The average Bonchev–Trinajstić information content (AvgIpc) is 2.44. The molecule has 1 fully saturated rings. The first-order valence-electron chi connectivity index (χ1n) is 6.64. The van der Waals surface area contributed by atoms with Crippen molar-refractivity contribution in [2.24, 2.45) is 5.41 Å². The number of rotatable bonds is 4. The van der Waals surface area contributed by atoms with Gasteiger partial charge in [0.2, 0.25) is 5.91 Å². The van der Waals surface area contributed by atoms with E-state index in [1.807, 2.05) is 0 Å². The monoisotopic (exact) mass is 302 g/mol. The van der Waals surface area contributed by atoms with Gasteiger partial charge in [0.15, 0.2) is 11.6 Å². The van der Waals surface area contributed by atoms with Crippen LogP contribution in [0.15, 0.2) is 12.1 Å². The summed E-state index contributed by atoms with van der Waals surface area (Å²) in [7, 11) is 1.47. The Kier molecular flexibility index (Phi) is 4.84. The maximum Gasteiger partial charge on any atom is 0.233 e. The van der Waals surface area contributed by atoms with Crippen LogP contribution in [0.1, 0.15) is 12.8 Å². The second-order valence-electron chi connectivity index (χ2n) is 5.16. The van der Waals surface area contributed by atoms with E-state index in [9.17, 15) is 18.0 Å². The van der Waals surface area contributed by atoms with Crippen LogP contribution in [0.4, 0.5) is 18.9 Å². The minimum absolute atomic E-state index is 0.158. The normalized spacial score (nSPS) is 17.5. The Morgan fingerprint density at radius 3 is 2.38 bits per heavy atom. The summed E-state index contributed by atoms with van der Waals surface area (Å²) in [6.07, 6.45) is 0.994. The number of ether oxygens (including phenoxy) is 1. The molecule has 0 bridgehead atoms. The van der Waals surface area contributed by atoms with E-state index in [0.29, 0.717) is 38.1 Å². The van der Waals surface area contributed by atoms with Crippen LogP contribution < -0.4 is 10.6 Å². The average molecular weight is 302 g/mol. The van der Waals surface area contributed by atoms with Crippen molar-refractivity contribution in [3.8, 4) is 0 Å². The zero-order valence-corrected chi connectivity index (χ0v) is 11.6. The van der Waals surface area contributed by atoms with E-state index in [1.165, 1.54) is 7.11 Å². The number of carbonyl (C=O) groups is 1. The Balaban J connectivity index is 2.23. The second-order valence-corrected chi connectivity index (χ2v) is 5.16. The van der Waals surface area contributed by atoms with Crippen molar-refractivity contribution in [2.45, 2.75) is 12.8 Å². The summed E-state index contributed by atoms with van der Waals surface area (Å²) in [4.78, 5) is 12.4. The van der Waals surface area contributed by atoms with Crippen LogP contribution >= 0.6 is 0 Å². The number of anilines is 1. The standard InChI is InChI=1S/C14H17F3N2O2/c1-21-8-14(2-4-18-5-3-14)13(20)19-12-10(16)6-9(15)7-11(12)17/h6-7,18H,2-5,8H2,1H3,(H,19,20). The molecule has 0 aliphatic carbocycles. The summed E-state index contributed by atoms with van der Waals surface area (Å²) in [6.45, 7) is 1.39. The highest BCUT2D eigenvalue weighted by Gasteiger charge is 2.40. The Morgan fingerprint density at radius 1 is 1.29 bits per heavy atom. The summed E-state index contributed by atoms with van der Waals surface area (Å²) in [5.74, 6) is -3.82. The van der Waals surface area contributed by atoms with Gasteiger partial charge in [0, 0.05) is 19.2 Å². The third-order valence-electron chi connectivity index (χ3n) is 3.71. The Hall–Kier alpha value is -1.60. The molecule has 1 aliphatic heterocycles. The third-order valence-corrected chi connectivity index (χ3v) is 3.71. The van der Waals surface area contributed by atoms with E-state index in [0.717, 1.165) is 0 Å². The fourth-order valence-corrected chi connectivity index (χ4v) is 2.53. The fourth-order valence-electron chi connectivity index (χ4n) is 2.53. The van der Waals surface area contributed by atoms with Gasteiger partial charge < -0.3 is 15.4 Å². The molecule has 0 saturated carbocycles. The van der Waals surface area contributed by atoms with E-state index in [2.05, 4.69) is 10.6 Å². The molecule has 2 rings (SSSR count). The molecule has 4 nitrogen and oxygen atoms in total. The number of piperidine rings is 1. The summed E-state index contributed by atoms with van der Waals surface area (Å²) in [5.41, 5.74) is -1.47. The second kappa shape index (κ2) is 6.44. The Labute approximate surface area is 120 Å². The molecule has 1 heterocycles. The number of hydrogen-bond acceptors (Lipinski definition) is 3. The predicted octanol–water partition coefficient (Wildman–Crippen LogP) is 2.06. The van der Waals surface area contributed by atoms with Gasteiger partial charge in [-0.1, -0.05) is 0 Å². The Bertz CT molecular complexity index is 502. The minimum atomic E-state index is -1.14. The molecule has 1 aliphatic rings. The van der Waals surface area contributed by atoms with Crippen LogP contribution in [0.5, 0.6) is 0 Å². The quantitative estimate of drug-likeness (QED) is 0.895. The number of methoxy groups -OCH3 is 1. The van der Waals surface area contributed by atoms with Gasteiger partial charge in [0.25, 0.3) is 0 Å². The number of nitrogens with one attached hydrogen (secondary N) is 2. The number of carbonyl (C=O) groups excluding carboxylic acids is 1. The molecule has 7 heteroatoms. The number of benzene rings is 1. The molecular weight excluding hydrogens is 285 g/mol. The van der Waals surface area contributed by atoms with Crippen LogP contribution in [0.2, 0.25) is 0 Å². The zero-order valence-electron chi connectivity index (χ0n) is 11.6. The van der Waals surface area contributed by atoms with Gasteiger partial charge in [-0.05, 0) is 25.9 Å². The van der Waals surface area contributed by atoms with Crippen LogP contribution in [0, 0.1) is 22.9 Å². The molecular formula is C14H17F3N2O2. The van der Waals surface area contributed by atoms with E-state index >= 15 is 0 Å². The summed E-state index contributed by atoms with van der Waals surface area (Å²) in [6, 6.07) is 1.06. The number of hydrogen-bond donors (Lipinski definition) is 2. The van der Waals surface area contributed by atoms with Crippen molar-refractivity contribution < 1.29 is 22.7 Å². The highest BCUT2D eigenvalue weighted by Crippen LogP contribution is 2.32. The van der Waals surface area contributed by atoms with Gasteiger partial charge in [0.05, 0.1) is 12.0 Å². The van der Waals surface area contributed by atoms with E-state index in [4.69, 9.17) is 4.74 Å². The van der Waals surface area contributed by atoms with Crippen LogP contribution in [-0.2, 0) is 9.53 Å². The van der Waals surface area contributed by atoms with Crippen LogP contribution in [0.3, 0.4) is 0 Å². The minimum Gasteiger partial charge on any atom is -0.384 e. The van der Waals surface area contributed by atoms with Gasteiger partial charge >= 0.3 is 0 Å². The van der Waals surface area contributed by atoms with Crippen molar-refractivity contribution in [3.05, 3.63) is 29.6 Å². The van der Waals surface area contributed by atoms with Gasteiger partial charge in [-0.3, -0.25) is 4.79 Å². The number of amides is 1. The van der Waals surface area contributed by atoms with Crippen LogP contribution in [-0.4, -0.2) is 32.7 Å². The van der Waals surface area contributed by atoms with E-state index < -0.39 is 34.5 Å². The van der Waals surface area contributed by atoms with Gasteiger partial charge in [-0.2, -0.15) is 0 Å². The molecule has 0 radical (unpaired) electrons. The first-order valence-corrected chi connectivity index (χ1v) is 6.64. The summed E-state index contributed by atoms with van der Waals surface area (Å²) in [5, 5.41) is 5.35. The lowest BCUT2D eigenvalue weighted by molar-refractivity contribution is -0.130. The van der Waals surface area contributed by atoms with Crippen molar-refractivity contribution in [2.75, 3.05) is 32.1 Å². The molecule has 0 atom stereocenters. The number of halogens is 3. The van der Waals surface area contributed by atoms with Gasteiger partial charge in [-0.25, -0.2) is 13.2 Å². The first-order chi connectivity index (χ1) is 9.98. The molecule has 1 saturated heterocycles. The maximum absolute atomic E-state index is 13.6. The Morgan fingerprint density at radius 2 is 1.86 bits per heavy atom. The smallest absolute Gasteiger partial charge is 0.233 e. The van der Waals surface area contributed by atoms with E-state index in [-0.39, 0.29) is 6.61 Å². The lowest BCUT2D eigenvalue weighted by Gasteiger charge is -2.35. The molecule has 0 spiro atoms. The maximum atomic E-state index is 13.6. The van der Waals surface area contributed by atoms with Gasteiger partial charge in [0.1, 0.15) is 11.5 Å². The first kappa shape index (κ1) is 15.8. The van der Waals surface area contributed by atoms with E-state index in [1.54, 1.807) is 0 Å². The highest BCUT2D eigenvalue weighted by atomic mass is 19.1. The molecule has 21 heavy (non-hydrogen) atoms. The molecule has 116 valence electrons. The lowest BCUT2D eigenvalue weighted by Crippen LogP contribution is -2.47. The van der Waals surface area contributed by atoms with Crippen molar-refractivity contribution in [1.29, 1.82) is 0 Å². The molecule has 1 aromatic rings. The molecule has 2 N–H and O–H groups in total. The van der Waals surface area contributed by atoms with Crippen molar-refractivity contribution in [3.63, 3.8) is 0 Å². The summed E-state index contributed by atoms with van der Waals surface area (Å²) < 4.78 is 45.2. The van der Waals surface area contributed by atoms with Crippen molar-refractivity contribution >= 4 is 11.6 Å². The van der Waals surface area contributed by atoms with Crippen LogP contribution in [0.25, 0.3) is 0 Å². The fraction of sp³-hybridized carbons (Fsp3) is 0.500. The van der Waals surface area contributed by atoms with Gasteiger partial charge in [-0.15, -0.1) is 0 Å². The predicted molar refractivity (Wildman–Crippen MR) is 71.4 cm³/mol. The third kappa shape index (κ3) is 3.36. The zero-order chi connectivity index (χ0) is 15.5. The molecule has 0 aromatic heterocycles. The summed E-state index contributed by atoms with van der Waals surface area (Å²) >= 11 is 0. The molecule has 0 unspecified atom stereocenters. The topological polar surface area (TPSA) is 50.4 Å².